The number of benzene rings is 4. The first-order valence-electron chi connectivity index (χ1n) is 19.6. The van der Waals surface area contributed by atoms with Crippen LogP contribution in [0.1, 0.15) is 66.9 Å². The Hall–Kier alpha value is -6.92. The predicted molar refractivity (Wildman–Crippen MR) is 221 cm³/mol. The molecule has 6 aliphatic rings. The van der Waals surface area contributed by atoms with Crippen LogP contribution in [-0.4, -0.2) is 19.9 Å². The second kappa shape index (κ2) is 11.3. The molecule has 0 N–H and O–H groups in total. The molecular formula is C50H34N6. The lowest BCUT2D eigenvalue weighted by Gasteiger charge is -2.39. The third kappa shape index (κ3) is 4.16. The van der Waals surface area contributed by atoms with Crippen molar-refractivity contribution in [3.63, 3.8) is 0 Å². The van der Waals surface area contributed by atoms with Crippen LogP contribution in [0.3, 0.4) is 0 Å². The van der Waals surface area contributed by atoms with E-state index in [4.69, 9.17) is 15.0 Å². The van der Waals surface area contributed by atoms with Crippen molar-refractivity contribution in [2.24, 2.45) is 0 Å². The molecule has 8 heterocycles. The van der Waals surface area contributed by atoms with Gasteiger partial charge in [-0.05, 0) is 103 Å². The number of pyridine rings is 4. The van der Waals surface area contributed by atoms with Crippen LogP contribution in [0, 0.1) is 0 Å². The summed E-state index contributed by atoms with van der Waals surface area (Å²) < 4.78 is 0. The zero-order valence-corrected chi connectivity index (χ0v) is 30.6. The molecule has 4 aromatic carbocycles. The zero-order valence-electron chi connectivity index (χ0n) is 30.6. The van der Waals surface area contributed by atoms with Crippen molar-refractivity contribution in [1.29, 1.82) is 0 Å². The molecule has 264 valence electrons. The normalized spacial score (nSPS) is 14.6. The smallest absolute Gasteiger partial charge is 0.141 e. The molecule has 0 atom stereocenters. The number of fused-ring (bicyclic) bond motifs is 16. The van der Waals surface area contributed by atoms with Gasteiger partial charge in [0.15, 0.2) is 0 Å². The Morgan fingerprint density at radius 1 is 0.339 bits per heavy atom. The van der Waals surface area contributed by atoms with Crippen LogP contribution in [0.15, 0.2) is 134 Å². The Balaban J connectivity index is 0.000000118. The maximum atomic E-state index is 4.83. The van der Waals surface area contributed by atoms with Gasteiger partial charge in [0.05, 0.1) is 28.4 Å². The van der Waals surface area contributed by atoms with Crippen LogP contribution < -0.4 is 9.80 Å². The third-order valence-electron chi connectivity index (χ3n) is 12.7. The monoisotopic (exact) mass is 718 g/mol. The molecule has 0 unspecified atom stereocenters. The topological polar surface area (TPSA) is 58.0 Å². The number of hydrogen-bond acceptors (Lipinski definition) is 6. The van der Waals surface area contributed by atoms with Crippen LogP contribution in [0.2, 0.25) is 0 Å². The highest BCUT2D eigenvalue weighted by molar-refractivity contribution is 5.99. The van der Waals surface area contributed by atoms with Crippen molar-refractivity contribution >= 4 is 34.4 Å². The molecular weight excluding hydrogens is 685 g/mol. The summed E-state index contributed by atoms with van der Waals surface area (Å²) in [5.74, 6) is 2.13. The van der Waals surface area contributed by atoms with E-state index in [0.717, 1.165) is 55.9 Å². The van der Waals surface area contributed by atoms with Crippen molar-refractivity contribution in [2.45, 2.75) is 38.5 Å². The SMILES string of the molecule is c1ccc2c(c1)Cc1ccc3c(c1-2)N1c2ncccc2Cc2ccnc(c21)C3.c1ccc2c(c1)Cc1ccc3c(c1-2)N1c2ncccc2Cc2cncc(c21)C3. The zero-order chi connectivity index (χ0) is 36.5. The standard InChI is InChI=1S/2C25H17N3/c1-2-6-20-15(4-1)12-16-7-8-17-14-21-23-18(9-11-26-21)13-19-5-3-10-27-25(19)28(23)24(17)22(16)20;1-2-6-21-15(4-1)10-16-7-8-17-11-19-13-26-14-20-12-18-5-3-9-27-25(18)28(23(19)20)24(17)22(16)21/h1-11H,12-14H2;1-9,13-14H,10-12H2. The summed E-state index contributed by atoms with van der Waals surface area (Å²) in [4.78, 5) is 23.8. The fraction of sp³-hybridized carbons (Fsp3) is 0.120. The van der Waals surface area contributed by atoms with E-state index in [1.807, 2.05) is 43.1 Å². The van der Waals surface area contributed by atoms with Crippen molar-refractivity contribution in [1.82, 2.24) is 19.9 Å². The summed E-state index contributed by atoms with van der Waals surface area (Å²) in [6.45, 7) is 0. The molecule has 0 saturated heterocycles. The first-order chi connectivity index (χ1) is 27.8. The van der Waals surface area contributed by atoms with Crippen LogP contribution in [0.25, 0.3) is 22.3 Å². The highest BCUT2D eigenvalue weighted by Gasteiger charge is 2.38. The van der Waals surface area contributed by atoms with Gasteiger partial charge in [0.1, 0.15) is 11.6 Å². The molecule has 0 radical (unpaired) electrons. The Labute approximate surface area is 324 Å². The molecule has 4 aromatic heterocycles. The summed E-state index contributed by atoms with van der Waals surface area (Å²) in [6, 6.07) is 37.6. The Morgan fingerprint density at radius 2 is 0.821 bits per heavy atom. The van der Waals surface area contributed by atoms with Gasteiger partial charge in [-0.2, -0.15) is 0 Å². The number of nitrogens with zero attached hydrogens (tertiary/aromatic N) is 6. The average Bonchev–Trinajstić information content (AvgIpc) is 3.82. The van der Waals surface area contributed by atoms with Crippen molar-refractivity contribution in [3.8, 4) is 22.3 Å². The van der Waals surface area contributed by atoms with E-state index in [9.17, 15) is 0 Å². The van der Waals surface area contributed by atoms with E-state index in [1.54, 1.807) is 0 Å². The van der Waals surface area contributed by atoms with E-state index < -0.39 is 0 Å². The second-order valence-corrected chi connectivity index (χ2v) is 15.8. The molecule has 4 aliphatic heterocycles. The summed E-state index contributed by atoms with van der Waals surface area (Å²) in [5, 5.41) is 0. The predicted octanol–water partition coefficient (Wildman–Crippen LogP) is 10.7. The highest BCUT2D eigenvalue weighted by atomic mass is 15.2. The van der Waals surface area contributed by atoms with E-state index in [0.29, 0.717) is 0 Å². The van der Waals surface area contributed by atoms with Crippen LogP contribution in [0.5, 0.6) is 0 Å². The number of anilines is 6. The minimum Gasteiger partial charge on any atom is -0.293 e. The van der Waals surface area contributed by atoms with Gasteiger partial charge in [-0.3, -0.25) is 19.8 Å². The molecule has 6 heteroatoms. The minimum absolute atomic E-state index is 0.882. The largest absolute Gasteiger partial charge is 0.293 e. The van der Waals surface area contributed by atoms with Gasteiger partial charge in [0.25, 0.3) is 0 Å². The van der Waals surface area contributed by atoms with Gasteiger partial charge in [-0.25, -0.2) is 9.97 Å². The second-order valence-electron chi connectivity index (χ2n) is 15.8. The Morgan fingerprint density at radius 3 is 1.46 bits per heavy atom. The van der Waals surface area contributed by atoms with Crippen LogP contribution >= 0.6 is 0 Å². The molecule has 8 aromatic rings. The first kappa shape index (κ1) is 30.4. The molecule has 2 aliphatic carbocycles. The summed E-state index contributed by atoms with van der Waals surface area (Å²) in [6.07, 6.45) is 15.5. The molecule has 0 amide bonds. The van der Waals surface area contributed by atoms with Gasteiger partial charge in [-0.1, -0.05) is 84.9 Å². The molecule has 56 heavy (non-hydrogen) atoms. The van der Waals surface area contributed by atoms with Crippen molar-refractivity contribution < 1.29 is 0 Å². The van der Waals surface area contributed by atoms with Crippen LogP contribution in [-0.2, 0) is 38.5 Å². The van der Waals surface area contributed by atoms with E-state index in [2.05, 4.69) is 106 Å². The lowest BCUT2D eigenvalue weighted by Crippen LogP contribution is -2.27. The lowest BCUT2D eigenvalue weighted by molar-refractivity contribution is 0.941. The van der Waals surface area contributed by atoms with Gasteiger partial charge >= 0.3 is 0 Å². The van der Waals surface area contributed by atoms with Gasteiger partial charge in [-0.15, -0.1) is 0 Å². The fourth-order valence-electron chi connectivity index (χ4n) is 10.5. The number of hydrogen-bond donors (Lipinski definition) is 0. The quantitative estimate of drug-likeness (QED) is 0.156. The maximum Gasteiger partial charge on any atom is 0.141 e. The van der Waals surface area contributed by atoms with Crippen molar-refractivity contribution in [3.05, 3.63) is 201 Å². The Bertz CT molecular complexity index is 2790. The van der Waals surface area contributed by atoms with E-state index in [-0.39, 0.29) is 0 Å². The summed E-state index contributed by atoms with van der Waals surface area (Å²) in [5.41, 5.74) is 26.7. The average molecular weight is 719 g/mol. The molecule has 0 bridgehead atoms. The Kier molecular flexibility index (Phi) is 6.14. The molecule has 0 saturated carbocycles. The van der Waals surface area contributed by atoms with Crippen molar-refractivity contribution in [2.75, 3.05) is 9.80 Å². The summed E-state index contributed by atoms with van der Waals surface area (Å²) in [7, 11) is 0. The van der Waals surface area contributed by atoms with Crippen LogP contribution in [0.4, 0.5) is 34.4 Å². The molecule has 6 nitrogen and oxygen atoms in total. The first-order valence-corrected chi connectivity index (χ1v) is 19.6. The highest BCUT2D eigenvalue weighted by Crippen LogP contribution is 2.56. The van der Waals surface area contributed by atoms with Gasteiger partial charge in [0, 0.05) is 67.8 Å². The van der Waals surface area contributed by atoms with E-state index in [1.165, 1.54) is 106 Å². The number of rotatable bonds is 0. The van der Waals surface area contributed by atoms with E-state index >= 15 is 0 Å². The van der Waals surface area contributed by atoms with Gasteiger partial charge < -0.3 is 0 Å². The van der Waals surface area contributed by atoms with Gasteiger partial charge in [0.2, 0.25) is 0 Å². The number of aromatic nitrogens is 4. The fourth-order valence-corrected chi connectivity index (χ4v) is 10.5. The minimum atomic E-state index is 0.882. The maximum absolute atomic E-state index is 4.83. The molecule has 0 spiro atoms. The molecule has 14 rings (SSSR count). The molecule has 0 fully saturated rings. The lowest BCUT2D eigenvalue weighted by atomic mass is 9.86. The summed E-state index contributed by atoms with van der Waals surface area (Å²) >= 11 is 0. The third-order valence-corrected chi connectivity index (χ3v) is 12.7.